The maximum atomic E-state index is 15.8. The number of carbonyl (C=O) groups excluding carboxylic acids is 2. The average molecular weight is 576 g/mol. The van der Waals surface area contributed by atoms with Crippen molar-refractivity contribution in [2.24, 2.45) is 0 Å². The summed E-state index contributed by atoms with van der Waals surface area (Å²) < 4.78 is 32.4. The second-order valence-corrected chi connectivity index (χ2v) is 11.7. The molecule has 7 heteroatoms. The molecule has 0 saturated carbocycles. The minimum Gasteiger partial charge on any atom is -0.288 e. The van der Waals surface area contributed by atoms with Gasteiger partial charge in [0.1, 0.15) is 11.6 Å². The third-order valence-electron chi connectivity index (χ3n) is 5.87. The smallest absolute Gasteiger partial charge is 0.199 e. The van der Waals surface area contributed by atoms with E-state index in [1.165, 1.54) is 11.3 Å². The first-order valence-electron chi connectivity index (χ1n) is 10.9. The first kappa shape index (κ1) is 24.7. The van der Waals surface area contributed by atoms with Gasteiger partial charge in [-0.1, -0.05) is 52.4 Å². The summed E-state index contributed by atoms with van der Waals surface area (Å²) in [6.45, 7) is 4.19. The van der Waals surface area contributed by atoms with Crippen LogP contribution in [-0.2, 0) is 12.8 Å². The summed E-state index contributed by atoms with van der Waals surface area (Å²) in [4.78, 5) is 26.4. The molecule has 168 valence electrons. The third kappa shape index (κ3) is 4.74. The van der Waals surface area contributed by atoms with Crippen LogP contribution in [0, 0.1) is 11.6 Å². The quantitative estimate of drug-likeness (QED) is 0.227. The Labute approximate surface area is 203 Å². The zero-order chi connectivity index (χ0) is 22.7. The van der Waals surface area contributed by atoms with Gasteiger partial charge >= 0.3 is 0 Å². The van der Waals surface area contributed by atoms with Gasteiger partial charge in [0.15, 0.2) is 11.6 Å². The molecule has 0 bridgehead atoms. The number of thiophene rings is 1. The van der Waals surface area contributed by atoms with E-state index >= 15 is 8.78 Å². The summed E-state index contributed by atoms with van der Waals surface area (Å²) >= 11 is 7.78. The van der Waals surface area contributed by atoms with Crippen LogP contribution in [0.3, 0.4) is 0 Å². The lowest BCUT2D eigenvalue weighted by atomic mass is 9.81. The van der Waals surface area contributed by atoms with E-state index in [9.17, 15) is 9.59 Å². The van der Waals surface area contributed by atoms with Crippen molar-refractivity contribution in [1.82, 2.24) is 0 Å². The van der Waals surface area contributed by atoms with Crippen LogP contribution < -0.4 is 0 Å². The monoisotopic (exact) mass is 574 g/mol. The highest BCUT2D eigenvalue weighted by molar-refractivity contribution is 9.12. The molecule has 0 amide bonds. The molecule has 31 heavy (non-hydrogen) atoms. The second kappa shape index (κ2) is 10.8. The van der Waals surface area contributed by atoms with Crippen molar-refractivity contribution < 1.29 is 18.4 Å². The average Bonchev–Trinajstić information content (AvgIpc) is 3.04. The van der Waals surface area contributed by atoms with E-state index < -0.39 is 34.3 Å². The predicted molar refractivity (Wildman–Crippen MR) is 129 cm³/mol. The van der Waals surface area contributed by atoms with E-state index in [1.54, 1.807) is 0 Å². The van der Waals surface area contributed by atoms with Gasteiger partial charge in [-0.3, -0.25) is 9.59 Å². The van der Waals surface area contributed by atoms with Gasteiger partial charge in [-0.2, -0.15) is 0 Å². The highest BCUT2D eigenvalue weighted by Crippen LogP contribution is 2.45. The number of halogens is 4. The van der Waals surface area contributed by atoms with Gasteiger partial charge in [-0.25, -0.2) is 8.78 Å². The topological polar surface area (TPSA) is 34.1 Å². The Bertz CT molecular complexity index is 936. The van der Waals surface area contributed by atoms with E-state index in [0.717, 1.165) is 51.4 Å². The van der Waals surface area contributed by atoms with Crippen LogP contribution in [0.15, 0.2) is 7.57 Å². The van der Waals surface area contributed by atoms with Crippen molar-refractivity contribution in [3.05, 3.63) is 52.6 Å². The fraction of sp³-hybridized carbons (Fsp3) is 0.500. The van der Waals surface area contributed by atoms with E-state index in [1.807, 2.05) is 0 Å². The van der Waals surface area contributed by atoms with E-state index in [4.69, 9.17) is 0 Å². The summed E-state index contributed by atoms with van der Waals surface area (Å²) in [5, 5.41) is 0. The maximum Gasteiger partial charge on any atom is 0.199 e. The molecule has 0 unspecified atom stereocenters. The van der Waals surface area contributed by atoms with Crippen molar-refractivity contribution >= 4 is 54.8 Å². The van der Waals surface area contributed by atoms with Crippen molar-refractivity contribution in [2.45, 2.75) is 78.1 Å². The number of hydrogen-bond acceptors (Lipinski definition) is 3. The number of ketones is 2. The number of hydrogen-bond donors (Lipinski definition) is 0. The van der Waals surface area contributed by atoms with Gasteiger partial charge in [0.05, 0.1) is 29.8 Å². The lowest BCUT2D eigenvalue weighted by molar-refractivity contribution is 0.0971. The molecule has 0 radical (unpaired) electrons. The molecule has 1 aliphatic carbocycles. The van der Waals surface area contributed by atoms with Crippen molar-refractivity contribution in [2.75, 3.05) is 0 Å². The molecule has 0 spiro atoms. The Morgan fingerprint density at radius 2 is 1.03 bits per heavy atom. The molecular weight excluding hydrogens is 550 g/mol. The van der Waals surface area contributed by atoms with Gasteiger partial charge in [-0.15, -0.1) is 11.3 Å². The van der Waals surface area contributed by atoms with Crippen LogP contribution in [0.5, 0.6) is 0 Å². The number of carbonyl (C=O) groups is 2. The zero-order valence-corrected chi connectivity index (χ0v) is 21.8. The lowest BCUT2D eigenvalue weighted by Crippen LogP contribution is -2.26. The molecule has 1 aromatic heterocycles. The molecule has 0 N–H and O–H groups in total. The fourth-order valence-corrected chi connectivity index (χ4v) is 7.35. The summed E-state index contributed by atoms with van der Waals surface area (Å²) in [6.07, 6.45) is 8.19. The lowest BCUT2D eigenvalue weighted by Gasteiger charge is -2.22. The molecule has 0 atom stereocenters. The Morgan fingerprint density at radius 1 is 0.645 bits per heavy atom. The van der Waals surface area contributed by atoms with E-state index in [0.29, 0.717) is 20.4 Å². The molecule has 3 rings (SSSR count). The molecule has 0 saturated heterocycles. The standard InChI is InChI=1S/C24H26Br2F2O2S/c1-3-5-7-9-11-13-14(12-10-8-6-4-2)20(28)16-15(19(13)27)21(29)17-18(22(16)30)24(26)31-23(17)25/h3-12H2,1-2H3. The fourth-order valence-electron chi connectivity index (χ4n) is 4.22. The van der Waals surface area contributed by atoms with Crippen LogP contribution in [-0.4, -0.2) is 11.6 Å². The van der Waals surface area contributed by atoms with Crippen molar-refractivity contribution in [3.63, 3.8) is 0 Å². The van der Waals surface area contributed by atoms with Crippen LogP contribution in [0.25, 0.3) is 0 Å². The van der Waals surface area contributed by atoms with Crippen LogP contribution in [0.1, 0.15) is 108 Å². The first-order chi connectivity index (χ1) is 14.8. The molecule has 1 aliphatic rings. The highest BCUT2D eigenvalue weighted by Gasteiger charge is 2.41. The Balaban J connectivity index is 2.12. The molecule has 2 aromatic rings. The first-order valence-corrected chi connectivity index (χ1v) is 13.3. The second-order valence-electron chi connectivity index (χ2n) is 8.01. The predicted octanol–water partition coefficient (Wildman–Crippen LogP) is 8.57. The maximum absolute atomic E-state index is 15.8. The van der Waals surface area contributed by atoms with Crippen molar-refractivity contribution in [3.8, 4) is 0 Å². The van der Waals surface area contributed by atoms with Crippen LogP contribution in [0.4, 0.5) is 8.78 Å². The van der Waals surface area contributed by atoms with E-state index in [2.05, 4.69) is 45.7 Å². The Hall–Kier alpha value is -0.920. The number of fused-ring (bicyclic) bond motifs is 2. The molecule has 0 fully saturated rings. The number of rotatable bonds is 10. The molecule has 1 aromatic carbocycles. The van der Waals surface area contributed by atoms with Crippen molar-refractivity contribution in [1.29, 1.82) is 0 Å². The summed E-state index contributed by atoms with van der Waals surface area (Å²) in [6, 6.07) is 0. The normalized spacial score (nSPS) is 13.0. The van der Waals surface area contributed by atoms with Gasteiger partial charge in [0, 0.05) is 0 Å². The summed E-state index contributed by atoms with van der Waals surface area (Å²) in [5.74, 6) is -2.67. The molecule has 2 nitrogen and oxygen atoms in total. The van der Waals surface area contributed by atoms with Crippen LogP contribution in [0.2, 0.25) is 0 Å². The Morgan fingerprint density at radius 3 is 1.39 bits per heavy atom. The number of unbranched alkanes of at least 4 members (excludes halogenated alkanes) is 6. The third-order valence-corrected chi connectivity index (χ3v) is 8.41. The minimum atomic E-state index is -0.711. The van der Waals surface area contributed by atoms with Crippen LogP contribution >= 0.6 is 43.2 Å². The molecule has 1 heterocycles. The largest absolute Gasteiger partial charge is 0.288 e. The highest BCUT2D eigenvalue weighted by atomic mass is 79.9. The summed E-state index contributed by atoms with van der Waals surface area (Å²) in [7, 11) is 0. The summed E-state index contributed by atoms with van der Waals surface area (Å²) in [5.41, 5.74) is 0.00551. The zero-order valence-electron chi connectivity index (χ0n) is 17.8. The van der Waals surface area contributed by atoms with Gasteiger partial charge in [0.2, 0.25) is 0 Å². The minimum absolute atomic E-state index is 0.125. The van der Waals surface area contributed by atoms with Gasteiger partial charge in [0.25, 0.3) is 0 Å². The SMILES string of the molecule is CCCCCCc1c(F)c2c(c(F)c1CCCCCC)C(=O)c1c(Br)sc(Br)c1C2=O. The van der Waals surface area contributed by atoms with Gasteiger partial charge < -0.3 is 0 Å². The van der Waals surface area contributed by atoms with Gasteiger partial charge in [-0.05, 0) is 68.7 Å². The number of benzene rings is 1. The Kier molecular flexibility index (Phi) is 8.61. The molecular formula is C24H26Br2F2O2S. The van der Waals surface area contributed by atoms with E-state index in [-0.39, 0.29) is 22.3 Å². The molecule has 0 aliphatic heterocycles.